The van der Waals surface area contributed by atoms with Crippen molar-refractivity contribution >= 4 is 17.2 Å². The van der Waals surface area contributed by atoms with Crippen molar-refractivity contribution in [1.29, 1.82) is 0 Å². The number of fused-ring (bicyclic) bond motifs is 2. The average Bonchev–Trinajstić information content (AvgIpc) is 2.71. The van der Waals surface area contributed by atoms with Crippen LogP contribution in [0.4, 0.5) is 0 Å². The first-order valence-corrected chi connectivity index (χ1v) is 7.86. The summed E-state index contributed by atoms with van der Waals surface area (Å²) in [6.07, 6.45) is -0.417. The van der Waals surface area contributed by atoms with Gasteiger partial charge in [0.15, 0.2) is 0 Å². The molecule has 1 fully saturated rings. The molecule has 4 rings (SSSR count). The molecule has 0 amide bonds. The fraction of sp³-hybridized carbons (Fsp3) is 0.316. The van der Waals surface area contributed by atoms with E-state index in [0.29, 0.717) is 16.3 Å². The average molecular weight is 315 g/mol. The topological polar surface area (TPSA) is 24.9 Å². The molecule has 1 aliphatic heterocycles. The molecule has 0 bridgehead atoms. The lowest BCUT2D eigenvalue weighted by atomic mass is 9.89. The fourth-order valence-electron chi connectivity index (χ4n) is 3.13. The second kappa shape index (κ2) is 5.86. The maximum Gasteiger partial charge on any atom is 0.0739 e. The molecule has 0 spiro atoms. The Morgan fingerprint density at radius 2 is 1.91 bits per heavy atom. The number of nitrogens with zero attached hydrogens (tertiary/aromatic N) is 1. The van der Waals surface area contributed by atoms with Gasteiger partial charge in [0, 0.05) is 22.3 Å². The smallest absolute Gasteiger partial charge is 0.0739 e. The van der Waals surface area contributed by atoms with Crippen molar-refractivity contribution in [3.63, 3.8) is 0 Å². The van der Waals surface area contributed by atoms with Crippen molar-refractivity contribution in [2.45, 2.75) is 25.6 Å². The summed E-state index contributed by atoms with van der Waals surface area (Å²) in [6.45, 7) is 0.160. The molecule has 2 nitrogen and oxygen atoms in total. The Hall–Kier alpha value is -1.64. The highest BCUT2D eigenvalue weighted by molar-refractivity contribution is 6.30. The molecule has 2 aliphatic rings. The predicted molar refractivity (Wildman–Crippen MR) is 91.2 cm³/mol. The zero-order chi connectivity index (χ0) is 18.5. The Kier molecular flexibility index (Phi) is 2.72. The van der Waals surface area contributed by atoms with Crippen LogP contribution in [0.15, 0.2) is 42.1 Å². The molecule has 112 valence electrons. The number of aryl methyl sites for hydroxylation is 2. The minimum Gasteiger partial charge on any atom is -0.316 e. The fourth-order valence-corrected chi connectivity index (χ4v) is 3.33. The van der Waals surface area contributed by atoms with Gasteiger partial charge in [0.25, 0.3) is 0 Å². The van der Waals surface area contributed by atoms with Crippen LogP contribution in [0.5, 0.6) is 0 Å². The van der Waals surface area contributed by atoms with Gasteiger partial charge in [0.2, 0.25) is 0 Å². The first-order chi connectivity index (χ1) is 12.3. The highest BCUT2D eigenvalue weighted by atomic mass is 35.5. The van der Waals surface area contributed by atoms with Crippen molar-refractivity contribution in [2.24, 2.45) is 0 Å². The third-order valence-corrected chi connectivity index (χ3v) is 4.39. The van der Waals surface area contributed by atoms with E-state index in [-0.39, 0.29) is 18.7 Å². The Labute approximate surface area is 141 Å². The van der Waals surface area contributed by atoms with E-state index < -0.39 is 12.7 Å². The lowest BCUT2D eigenvalue weighted by Crippen LogP contribution is -2.24. The normalized spacial score (nSPS) is 25.0. The Morgan fingerprint density at radius 1 is 1.09 bits per heavy atom. The van der Waals surface area contributed by atoms with Gasteiger partial charge in [-0.2, -0.15) is 0 Å². The molecule has 1 aromatic carbocycles. The maximum absolute atomic E-state index is 8.52. The quantitative estimate of drug-likeness (QED) is 0.794. The molecule has 1 N–H and O–H groups in total. The van der Waals surface area contributed by atoms with Gasteiger partial charge in [-0.1, -0.05) is 29.3 Å². The molecule has 1 aliphatic carbocycles. The number of aromatic nitrogens is 1. The Balaban J connectivity index is 2.12. The number of halogens is 1. The number of rotatable bonds is 0. The standard InChI is InChI=1S/C19H19ClN2/c20-16-5-6-17-15(12-16)4-3-14-2-1-9-22-19(14)18(17)13-7-10-21-11-8-13/h1-2,5-6,9,12,21H,3-4,7-8,10-11H2/i7D2,8D2. The number of benzene rings is 1. The van der Waals surface area contributed by atoms with Gasteiger partial charge in [0.1, 0.15) is 0 Å². The number of piperidine rings is 1. The van der Waals surface area contributed by atoms with E-state index in [2.05, 4.69) is 10.3 Å². The van der Waals surface area contributed by atoms with Crippen LogP contribution >= 0.6 is 11.6 Å². The van der Waals surface area contributed by atoms with Crippen LogP contribution in [-0.4, -0.2) is 18.1 Å². The molecule has 1 saturated heterocycles. The summed E-state index contributed by atoms with van der Waals surface area (Å²) in [5, 5.41) is 3.51. The largest absolute Gasteiger partial charge is 0.316 e. The van der Waals surface area contributed by atoms with Gasteiger partial charge in [-0.25, -0.2) is 0 Å². The van der Waals surface area contributed by atoms with E-state index in [1.165, 1.54) is 0 Å². The van der Waals surface area contributed by atoms with E-state index >= 15 is 0 Å². The molecule has 2 heterocycles. The van der Waals surface area contributed by atoms with Crippen LogP contribution in [-0.2, 0) is 12.8 Å². The van der Waals surface area contributed by atoms with Crippen molar-refractivity contribution in [3.05, 3.63) is 69.5 Å². The lowest BCUT2D eigenvalue weighted by Gasteiger charge is -2.21. The van der Waals surface area contributed by atoms with Crippen molar-refractivity contribution < 1.29 is 5.48 Å². The van der Waals surface area contributed by atoms with Crippen molar-refractivity contribution in [3.8, 4) is 0 Å². The molecule has 22 heavy (non-hydrogen) atoms. The molecule has 1 aromatic heterocycles. The minimum atomic E-state index is -1.81. The maximum atomic E-state index is 8.52. The summed E-state index contributed by atoms with van der Waals surface area (Å²) in [7, 11) is 0. The van der Waals surface area contributed by atoms with Crippen LogP contribution in [0, 0.1) is 0 Å². The van der Waals surface area contributed by atoms with E-state index in [0.717, 1.165) is 29.5 Å². The van der Waals surface area contributed by atoms with Gasteiger partial charge < -0.3 is 5.32 Å². The molecule has 0 saturated carbocycles. The van der Waals surface area contributed by atoms with E-state index in [4.69, 9.17) is 17.1 Å². The minimum absolute atomic E-state index is 0.0798. The summed E-state index contributed by atoms with van der Waals surface area (Å²) in [5.74, 6) is 0. The van der Waals surface area contributed by atoms with Crippen molar-refractivity contribution in [2.75, 3.05) is 13.1 Å². The van der Waals surface area contributed by atoms with E-state index in [1.807, 2.05) is 24.3 Å². The summed E-state index contributed by atoms with van der Waals surface area (Å²) < 4.78 is 34.1. The molecule has 0 radical (unpaired) electrons. The van der Waals surface area contributed by atoms with Crippen molar-refractivity contribution in [1.82, 2.24) is 10.3 Å². The van der Waals surface area contributed by atoms with Crippen LogP contribution < -0.4 is 5.32 Å². The van der Waals surface area contributed by atoms with Gasteiger partial charge in [-0.3, -0.25) is 4.98 Å². The Bertz CT molecular complexity index is 890. The second-order valence-electron chi connectivity index (χ2n) is 5.52. The number of pyridine rings is 1. The van der Waals surface area contributed by atoms with Crippen LogP contribution in [0.1, 0.15) is 40.6 Å². The van der Waals surface area contributed by atoms with Crippen LogP contribution in [0.3, 0.4) is 0 Å². The van der Waals surface area contributed by atoms with Crippen LogP contribution in [0.2, 0.25) is 5.02 Å². The zero-order valence-electron chi connectivity index (χ0n) is 16.1. The summed E-state index contributed by atoms with van der Waals surface area (Å²) >= 11 is 6.20. The van der Waals surface area contributed by atoms with E-state index in [9.17, 15) is 0 Å². The molecule has 3 heteroatoms. The Morgan fingerprint density at radius 3 is 2.77 bits per heavy atom. The molecular formula is C19H19ClN2. The molecule has 0 unspecified atom stereocenters. The third-order valence-electron chi connectivity index (χ3n) is 4.16. The molecule has 0 atom stereocenters. The summed E-state index contributed by atoms with van der Waals surface area (Å²) in [5.41, 5.74) is 4.28. The third kappa shape index (κ3) is 2.47. The zero-order valence-corrected chi connectivity index (χ0v) is 12.9. The lowest BCUT2D eigenvalue weighted by molar-refractivity contribution is 0.611. The summed E-state index contributed by atoms with van der Waals surface area (Å²) in [4.78, 5) is 4.54. The SMILES string of the molecule is [2H]C1([2H])CNCC([2H])([2H])C1=C1c2ccc(Cl)cc2CCc2cccnc21. The number of hydrogen-bond donors (Lipinski definition) is 1. The van der Waals surface area contributed by atoms with Crippen LogP contribution in [0.25, 0.3) is 5.57 Å². The van der Waals surface area contributed by atoms with E-state index in [1.54, 1.807) is 12.3 Å². The first kappa shape index (κ1) is 10.2. The van der Waals surface area contributed by atoms with Gasteiger partial charge in [0.05, 0.1) is 5.69 Å². The summed E-state index contributed by atoms with van der Waals surface area (Å²) in [6, 6.07) is 9.41. The number of nitrogens with one attached hydrogen (secondary N) is 1. The predicted octanol–water partition coefficient (Wildman–Crippen LogP) is 4.02. The first-order valence-electron chi connectivity index (χ1n) is 9.49. The monoisotopic (exact) mass is 314 g/mol. The van der Waals surface area contributed by atoms with Gasteiger partial charge in [-0.05, 0) is 73.6 Å². The highest BCUT2D eigenvalue weighted by Gasteiger charge is 2.23. The van der Waals surface area contributed by atoms with Gasteiger partial charge >= 0.3 is 0 Å². The molecular weight excluding hydrogens is 292 g/mol. The highest BCUT2D eigenvalue weighted by Crippen LogP contribution is 2.37. The van der Waals surface area contributed by atoms with Gasteiger partial charge in [-0.15, -0.1) is 0 Å². The molecule has 2 aromatic rings. The number of hydrogen-bond acceptors (Lipinski definition) is 2. The second-order valence-corrected chi connectivity index (χ2v) is 5.96.